The minimum atomic E-state index is -0.447. The summed E-state index contributed by atoms with van der Waals surface area (Å²) in [5.74, 6) is -0.0242. The molecule has 2 aromatic carbocycles. The zero-order chi connectivity index (χ0) is 16.0. The summed E-state index contributed by atoms with van der Waals surface area (Å²) in [7, 11) is 0. The van der Waals surface area contributed by atoms with Crippen molar-refractivity contribution >= 4 is 18.0 Å². The number of carbonyl (C=O) groups excluding carboxylic acids is 2. The van der Waals surface area contributed by atoms with Gasteiger partial charge in [0.15, 0.2) is 0 Å². The van der Waals surface area contributed by atoms with Crippen molar-refractivity contribution in [1.82, 2.24) is 5.32 Å². The molecule has 1 fully saturated rings. The molecule has 2 atom stereocenters. The molecule has 0 spiro atoms. The van der Waals surface area contributed by atoms with Gasteiger partial charge in [0.25, 0.3) is 0 Å². The Balaban J connectivity index is 1.91. The van der Waals surface area contributed by atoms with Crippen LogP contribution in [0.5, 0.6) is 0 Å². The predicted octanol–water partition coefficient (Wildman–Crippen LogP) is 2.49. The van der Waals surface area contributed by atoms with Crippen molar-refractivity contribution in [2.24, 2.45) is 0 Å². The number of hydrogen-bond acceptors (Lipinski definition) is 2. The number of para-hydroxylation sites is 1. The van der Waals surface area contributed by atoms with Crippen molar-refractivity contribution in [3.05, 3.63) is 64.7 Å². The topological polar surface area (TPSA) is 49.4 Å². The molecule has 2 amide bonds. The summed E-state index contributed by atoms with van der Waals surface area (Å²) in [6.45, 7) is 2.07. The summed E-state index contributed by atoms with van der Waals surface area (Å²) in [5.41, 5.74) is 5.76. The second kappa shape index (κ2) is 5.23. The quantitative estimate of drug-likeness (QED) is 0.867. The van der Waals surface area contributed by atoms with Gasteiger partial charge in [0, 0.05) is 12.1 Å². The molecule has 0 saturated carbocycles. The SMILES string of the molecule is Cc1ccc2c(c1)C1CC(NC=O)C(=O)N1c1ccccc1C2. The van der Waals surface area contributed by atoms with Crippen LogP contribution in [0.25, 0.3) is 0 Å². The molecule has 1 N–H and O–H groups in total. The molecule has 2 aliphatic rings. The maximum atomic E-state index is 12.8. The van der Waals surface area contributed by atoms with Crippen LogP contribution in [0, 0.1) is 6.92 Å². The van der Waals surface area contributed by atoms with E-state index in [2.05, 4.69) is 36.5 Å². The van der Waals surface area contributed by atoms with E-state index >= 15 is 0 Å². The maximum absolute atomic E-state index is 12.8. The van der Waals surface area contributed by atoms with Gasteiger partial charge in [-0.05, 0) is 36.1 Å². The third kappa shape index (κ3) is 2.13. The zero-order valence-electron chi connectivity index (χ0n) is 13.0. The molecular formula is C19H18N2O2. The van der Waals surface area contributed by atoms with Crippen LogP contribution in [0.2, 0.25) is 0 Å². The van der Waals surface area contributed by atoms with Crippen molar-refractivity contribution < 1.29 is 9.59 Å². The highest BCUT2D eigenvalue weighted by atomic mass is 16.2. The summed E-state index contributed by atoms with van der Waals surface area (Å²) >= 11 is 0. The molecule has 0 aliphatic carbocycles. The lowest BCUT2D eigenvalue weighted by molar-refractivity contribution is -0.121. The number of fused-ring (bicyclic) bond motifs is 5. The molecule has 4 rings (SSSR count). The van der Waals surface area contributed by atoms with E-state index in [1.54, 1.807) is 0 Å². The first-order valence-electron chi connectivity index (χ1n) is 7.89. The molecule has 1 saturated heterocycles. The number of nitrogens with one attached hydrogen (secondary N) is 1. The van der Waals surface area contributed by atoms with Crippen LogP contribution >= 0.6 is 0 Å². The normalized spacial score (nSPS) is 22.0. The van der Waals surface area contributed by atoms with E-state index in [0.717, 1.165) is 17.7 Å². The lowest BCUT2D eigenvalue weighted by Crippen LogP contribution is -2.38. The van der Waals surface area contributed by atoms with Gasteiger partial charge in [0.05, 0.1) is 6.04 Å². The highest BCUT2D eigenvalue weighted by Gasteiger charge is 2.43. The number of carbonyl (C=O) groups is 2. The monoisotopic (exact) mass is 306 g/mol. The molecule has 23 heavy (non-hydrogen) atoms. The average Bonchev–Trinajstić information content (AvgIpc) is 2.79. The number of nitrogens with zero attached hydrogens (tertiary/aromatic N) is 1. The first-order chi connectivity index (χ1) is 11.2. The van der Waals surface area contributed by atoms with Gasteiger partial charge in [-0.3, -0.25) is 9.59 Å². The lowest BCUT2D eigenvalue weighted by atomic mass is 9.94. The minimum absolute atomic E-state index is 0.0153. The molecule has 2 unspecified atom stereocenters. The lowest BCUT2D eigenvalue weighted by Gasteiger charge is -2.25. The summed E-state index contributed by atoms with van der Waals surface area (Å²) in [6, 6.07) is 14.0. The Bertz CT molecular complexity index is 800. The Labute approximate surface area is 135 Å². The van der Waals surface area contributed by atoms with Gasteiger partial charge in [0.1, 0.15) is 6.04 Å². The van der Waals surface area contributed by atoms with Gasteiger partial charge >= 0.3 is 0 Å². The summed E-state index contributed by atoms with van der Waals surface area (Å²) < 4.78 is 0. The fourth-order valence-corrected chi connectivity index (χ4v) is 3.81. The molecule has 4 heteroatoms. The molecule has 4 nitrogen and oxygen atoms in total. The van der Waals surface area contributed by atoms with Crippen LogP contribution in [0.4, 0.5) is 5.69 Å². The largest absolute Gasteiger partial charge is 0.347 e. The smallest absolute Gasteiger partial charge is 0.250 e. The Kier molecular flexibility index (Phi) is 3.18. The number of hydrogen-bond donors (Lipinski definition) is 1. The Morgan fingerprint density at radius 1 is 1.17 bits per heavy atom. The molecule has 0 radical (unpaired) electrons. The van der Waals surface area contributed by atoms with Gasteiger partial charge in [0.2, 0.25) is 12.3 Å². The fraction of sp³-hybridized carbons (Fsp3) is 0.263. The van der Waals surface area contributed by atoms with E-state index in [0.29, 0.717) is 12.8 Å². The number of amides is 2. The number of benzene rings is 2. The van der Waals surface area contributed by atoms with Crippen LogP contribution in [-0.2, 0) is 16.0 Å². The number of aryl methyl sites for hydroxylation is 1. The molecule has 2 aromatic rings. The molecule has 0 bridgehead atoms. The summed E-state index contributed by atoms with van der Waals surface area (Å²) in [6.07, 6.45) is 2.07. The second-order valence-corrected chi connectivity index (χ2v) is 6.30. The maximum Gasteiger partial charge on any atom is 0.250 e. The highest BCUT2D eigenvalue weighted by molar-refractivity contribution is 6.02. The van der Waals surface area contributed by atoms with Crippen molar-refractivity contribution in [3.63, 3.8) is 0 Å². The van der Waals surface area contributed by atoms with Gasteiger partial charge < -0.3 is 10.2 Å². The zero-order valence-corrected chi connectivity index (χ0v) is 13.0. The molecule has 2 heterocycles. The first kappa shape index (κ1) is 14.0. The number of anilines is 1. The van der Waals surface area contributed by atoms with E-state index in [9.17, 15) is 9.59 Å². The Morgan fingerprint density at radius 3 is 2.83 bits per heavy atom. The van der Waals surface area contributed by atoms with E-state index in [4.69, 9.17) is 0 Å². The van der Waals surface area contributed by atoms with E-state index < -0.39 is 6.04 Å². The first-order valence-corrected chi connectivity index (χ1v) is 7.89. The van der Waals surface area contributed by atoms with E-state index in [1.807, 2.05) is 23.1 Å². The molecule has 2 aliphatic heterocycles. The summed E-state index contributed by atoms with van der Waals surface area (Å²) in [4.78, 5) is 25.6. The van der Waals surface area contributed by atoms with Crippen LogP contribution in [0.3, 0.4) is 0 Å². The second-order valence-electron chi connectivity index (χ2n) is 6.30. The van der Waals surface area contributed by atoms with Crippen LogP contribution in [0.1, 0.15) is 34.7 Å². The minimum Gasteiger partial charge on any atom is -0.347 e. The van der Waals surface area contributed by atoms with Gasteiger partial charge in [-0.15, -0.1) is 0 Å². The van der Waals surface area contributed by atoms with Crippen LogP contribution < -0.4 is 10.2 Å². The van der Waals surface area contributed by atoms with Crippen molar-refractivity contribution in [1.29, 1.82) is 0 Å². The van der Waals surface area contributed by atoms with Gasteiger partial charge in [-0.1, -0.05) is 42.0 Å². The molecule has 116 valence electrons. The Hall–Kier alpha value is -2.62. The third-order valence-corrected chi connectivity index (χ3v) is 4.87. The van der Waals surface area contributed by atoms with Gasteiger partial charge in [-0.25, -0.2) is 0 Å². The fourth-order valence-electron chi connectivity index (χ4n) is 3.81. The standard InChI is InChI=1S/C19H18N2O2/c1-12-6-7-13-9-14-4-2-3-5-17(14)21-18(15(13)8-12)10-16(19(21)23)20-11-22/h2-8,11,16,18H,9-10H2,1H3,(H,20,22). The van der Waals surface area contributed by atoms with E-state index in [-0.39, 0.29) is 11.9 Å². The predicted molar refractivity (Wildman–Crippen MR) is 88.3 cm³/mol. The van der Waals surface area contributed by atoms with Crippen molar-refractivity contribution in [2.75, 3.05) is 4.90 Å². The van der Waals surface area contributed by atoms with Crippen LogP contribution in [0.15, 0.2) is 42.5 Å². The summed E-state index contributed by atoms with van der Waals surface area (Å²) in [5, 5.41) is 2.68. The van der Waals surface area contributed by atoms with E-state index in [1.165, 1.54) is 16.7 Å². The molecule has 0 aromatic heterocycles. The average molecular weight is 306 g/mol. The highest BCUT2D eigenvalue weighted by Crippen LogP contribution is 2.43. The van der Waals surface area contributed by atoms with Crippen LogP contribution in [-0.4, -0.2) is 18.4 Å². The molecular weight excluding hydrogens is 288 g/mol. The van der Waals surface area contributed by atoms with Gasteiger partial charge in [-0.2, -0.15) is 0 Å². The van der Waals surface area contributed by atoms with Crippen molar-refractivity contribution in [2.45, 2.75) is 31.8 Å². The van der Waals surface area contributed by atoms with Crippen molar-refractivity contribution in [3.8, 4) is 0 Å². The Morgan fingerprint density at radius 2 is 2.00 bits per heavy atom. The number of rotatable bonds is 2. The third-order valence-electron chi connectivity index (χ3n) is 4.87.